The molecule has 0 amide bonds. The minimum Gasteiger partial charge on any atom is -0.481 e. The van der Waals surface area contributed by atoms with Crippen molar-refractivity contribution in [2.75, 3.05) is 0 Å². The number of hydrogen-bond acceptors (Lipinski definition) is 2. The van der Waals surface area contributed by atoms with Gasteiger partial charge in [0.15, 0.2) is 0 Å². The zero-order chi connectivity index (χ0) is 19.5. The molecule has 3 nitrogen and oxygen atoms in total. The van der Waals surface area contributed by atoms with E-state index in [2.05, 4.69) is 0 Å². The molecule has 0 aromatic heterocycles. The molecule has 8 aliphatic rings. The fourth-order valence-corrected chi connectivity index (χ4v) is 9.91. The van der Waals surface area contributed by atoms with Crippen molar-refractivity contribution in [3.05, 3.63) is 0 Å². The van der Waals surface area contributed by atoms with Gasteiger partial charge in [-0.2, -0.15) is 0 Å². The zero-order valence-corrected chi connectivity index (χ0v) is 17.8. The highest BCUT2D eigenvalue weighted by molar-refractivity contribution is 6.63. The molecule has 0 unspecified atom stereocenters. The number of hydrogen-bond donors (Lipinski definition) is 1. The van der Waals surface area contributed by atoms with E-state index in [1.54, 1.807) is 0 Å². The Balaban J connectivity index is 0.000000122. The lowest BCUT2D eigenvalue weighted by Gasteiger charge is -2.56. The summed E-state index contributed by atoms with van der Waals surface area (Å²) < 4.78 is 0. The fourth-order valence-electron chi connectivity index (χ4n) is 9.63. The maximum Gasteiger partial charge on any atom is 0.303 e. The van der Waals surface area contributed by atoms with Crippen LogP contribution >= 0.6 is 11.6 Å². The molecule has 4 heteroatoms. The van der Waals surface area contributed by atoms with E-state index in [1.165, 1.54) is 77.0 Å². The number of halogens is 1. The van der Waals surface area contributed by atoms with Gasteiger partial charge in [-0.25, -0.2) is 0 Å². The van der Waals surface area contributed by atoms with Gasteiger partial charge >= 0.3 is 5.97 Å². The number of carboxylic acid groups (broad SMARTS) is 1. The van der Waals surface area contributed by atoms with Crippen molar-refractivity contribution in [2.45, 2.75) is 89.9 Å². The molecular weight excluding hydrogens is 372 g/mol. The molecule has 8 bridgehead atoms. The van der Waals surface area contributed by atoms with Gasteiger partial charge in [-0.3, -0.25) is 9.59 Å². The standard InChI is InChI=1S/C12H17ClO.C12H18O2/c2*13-11(14)7-12-4-8-1-9(5-12)3-10(2-8)6-12/h8-10H,1-7H2;8-10H,1-7H2,(H,13,14). The van der Waals surface area contributed by atoms with Gasteiger partial charge in [0, 0.05) is 6.42 Å². The quantitative estimate of drug-likeness (QED) is 0.579. The Hall–Kier alpha value is -0.570. The summed E-state index contributed by atoms with van der Waals surface area (Å²) >= 11 is 5.57. The van der Waals surface area contributed by atoms with Gasteiger partial charge in [0.2, 0.25) is 5.24 Å². The first-order valence-electron chi connectivity index (χ1n) is 11.7. The lowest BCUT2D eigenvalue weighted by molar-refractivity contribution is -0.145. The summed E-state index contributed by atoms with van der Waals surface area (Å²) in [4.78, 5) is 22.0. The van der Waals surface area contributed by atoms with E-state index in [1.807, 2.05) is 0 Å². The minimum absolute atomic E-state index is 0.105. The van der Waals surface area contributed by atoms with E-state index >= 15 is 0 Å². The summed E-state index contributed by atoms with van der Waals surface area (Å²) in [5, 5.41) is 8.87. The normalized spacial score (nSPS) is 49.6. The highest BCUT2D eigenvalue weighted by Gasteiger charge is 2.52. The molecule has 8 fully saturated rings. The summed E-state index contributed by atoms with van der Waals surface area (Å²) in [6.45, 7) is 0. The predicted molar refractivity (Wildman–Crippen MR) is 109 cm³/mol. The molecule has 0 radical (unpaired) electrons. The SMILES string of the molecule is O=C(Cl)CC12CC3CC(CC(C3)C1)C2.O=C(O)CC12CC3CC(CC(C3)C1)C2. The maximum atomic E-state index is 11.1. The van der Waals surface area contributed by atoms with Gasteiger partial charge in [-0.05, 0) is 135 Å². The van der Waals surface area contributed by atoms with Crippen LogP contribution in [0.25, 0.3) is 0 Å². The monoisotopic (exact) mass is 406 g/mol. The van der Waals surface area contributed by atoms with Crippen LogP contribution in [-0.2, 0) is 9.59 Å². The van der Waals surface area contributed by atoms with Gasteiger partial charge in [-0.15, -0.1) is 0 Å². The van der Waals surface area contributed by atoms with Crippen molar-refractivity contribution >= 4 is 22.8 Å². The highest BCUT2D eigenvalue weighted by Crippen LogP contribution is 2.62. The molecule has 0 aliphatic heterocycles. The van der Waals surface area contributed by atoms with Gasteiger partial charge in [0.1, 0.15) is 0 Å². The molecule has 0 atom stereocenters. The average molecular weight is 407 g/mol. The molecule has 0 aromatic carbocycles. The Morgan fingerprint density at radius 2 is 0.929 bits per heavy atom. The van der Waals surface area contributed by atoms with Crippen LogP contribution in [0, 0.1) is 46.3 Å². The van der Waals surface area contributed by atoms with E-state index in [9.17, 15) is 9.59 Å². The molecule has 28 heavy (non-hydrogen) atoms. The molecule has 0 aromatic rings. The molecule has 0 spiro atoms. The smallest absolute Gasteiger partial charge is 0.303 e. The second-order valence-electron chi connectivity index (χ2n) is 11.9. The number of carbonyl (C=O) groups is 2. The van der Waals surface area contributed by atoms with Crippen molar-refractivity contribution in [3.63, 3.8) is 0 Å². The predicted octanol–water partition coefficient (Wildman–Crippen LogP) is 6.04. The number of rotatable bonds is 4. The first-order valence-corrected chi connectivity index (χ1v) is 12.1. The van der Waals surface area contributed by atoms with Crippen molar-refractivity contribution in [1.82, 2.24) is 0 Å². The average Bonchev–Trinajstić information content (AvgIpc) is 2.49. The van der Waals surface area contributed by atoms with Crippen LogP contribution in [0.4, 0.5) is 0 Å². The van der Waals surface area contributed by atoms with Crippen LogP contribution in [0.1, 0.15) is 89.9 Å². The Morgan fingerprint density at radius 3 is 1.18 bits per heavy atom. The third-order valence-corrected chi connectivity index (χ3v) is 9.50. The molecule has 0 heterocycles. The third kappa shape index (κ3) is 3.77. The van der Waals surface area contributed by atoms with Crippen molar-refractivity contribution in [2.24, 2.45) is 46.3 Å². The lowest BCUT2D eigenvalue weighted by Crippen LogP contribution is -2.46. The van der Waals surface area contributed by atoms with E-state index in [-0.39, 0.29) is 10.7 Å². The van der Waals surface area contributed by atoms with Crippen LogP contribution < -0.4 is 0 Å². The second-order valence-corrected chi connectivity index (χ2v) is 12.4. The maximum absolute atomic E-state index is 11.1. The third-order valence-electron chi connectivity index (χ3n) is 9.37. The van der Waals surface area contributed by atoms with Crippen LogP contribution in [-0.4, -0.2) is 16.3 Å². The van der Waals surface area contributed by atoms with E-state index < -0.39 is 5.97 Å². The van der Waals surface area contributed by atoms with Gasteiger partial charge < -0.3 is 5.11 Å². The molecular formula is C24H35ClO3. The van der Waals surface area contributed by atoms with Gasteiger partial charge in [-0.1, -0.05) is 0 Å². The number of carboxylic acids is 1. The largest absolute Gasteiger partial charge is 0.481 e. The van der Waals surface area contributed by atoms with E-state index in [0.717, 1.165) is 35.5 Å². The molecule has 1 N–H and O–H groups in total. The molecule has 156 valence electrons. The Labute approximate surface area is 174 Å². The number of carbonyl (C=O) groups excluding carboxylic acids is 1. The number of aliphatic carboxylic acids is 1. The van der Waals surface area contributed by atoms with Crippen molar-refractivity contribution in [1.29, 1.82) is 0 Å². The minimum atomic E-state index is -0.577. The zero-order valence-electron chi connectivity index (χ0n) is 17.0. The summed E-state index contributed by atoms with van der Waals surface area (Å²) in [5.41, 5.74) is 0.564. The van der Waals surface area contributed by atoms with Crippen molar-refractivity contribution < 1.29 is 14.7 Å². The van der Waals surface area contributed by atoms with E-state index in [4.69, 9.17) is 16.7 Å². The second kappa shape index (κ2) is 7.00. The van der Waals surface area contributed by atoms with E-state index in [0.29, 0.717) is 18.3 Å². The topological polar surface area (TPSA) is 54.4 Å². The molecule has 8 aliphatic carbocycles. The fraction of sp³-hybridized carbons (Fsp3) is 0.917. The van der Waals surface area contributed by atoms with Crippen LogP contribution in [0.2, 0.25) is 0 Å². The Bertz CT molecular complexity index is 528. The van der Waals surface area contributed by atoms with Crippen LogP contribution in [0.15, 0.2) is 0 Å². The van der Waals surface area contributed by atoms with Crippen LogP contribution in [0.5, 0.6) is 0 Å². The highest BCUT2D eigenvalue weighted by atomic mass is 35.5. The van der Waals surface area contributed by atoms with Gasteiger partial charge in [0.05, 0.1) is 6.42 Å². The summed E-state index contributed by atoms with van der Waals surface area (Å²) in [7, 11) is 0. The lowest BCUT2D eigenvalue weighted by atomic mass is 9.49. The summed E-state index contributed by atoms with van der Waals surface area (Å²) in [6.07, 6.45) is 17.1. The Kier molecular flexibility index (Phi) is 4.85. The Morgan fingerprint density at radius 1 is 0.643 bits per heavy atom. The van der Waals surface area contributed by atoms with Crippen molar-refractivity contribution in [3.8, 4) is 0 Å². The summed E-state index contributed by atoms with van der Waals surface area (Å²) in [5.74, 6) is 4.83. The molecule has 0 saturated heterocycles. The summed E-state index contributed by atoms with van der Waals surface area (Å²) in [6, 6.07) is 0. The molecule has 8 rings (SSSR count). The first-order chi connectivity index (χ1) is 13.3. The van der Waals surface area contributed by atoms with Gasteiger partial charge in [0.25, 0.3) is 0 Å². The van der Waals surface area contributed by atoms with Crippen LogP contribution in [0.3, 0.4) is 0 Å². The first kappa shape index (κ1) is 19.4. The molecule has 8 saturated carbocycles.